The van der Waals surface area contributed by atoms with Crippen molar-refractivity contribution in [2.24, 2.45) is 0 Å². The molecule has 3 aliphatic carbocycles. The minimum Gasteiger partial charge on any atom is -1.00 e. The number of allylic oxidation sites excluding steroid dienone is 6. The van der Waals surface area contributed by atoms with Gasteiger partial charge in [-0.2, -0.15) is 0 Å². The van der Waals surface area contributed by atoms with Gasteiger partial charge in [0.25, 0.3) is 0 Å². The van der Waals surface area contributed by atoms with Gasteiger partial charge in [-0.05, 0) is 0 Å². The summed E-state index contributed by atoms with van der Waals surface area (Å²) in [5.41, 5.74) is 6.75. The van der Waals surface area contributed by atoms with Crippen LogP contribution in [0.25, 0.3) is 5.57 Å². The molecule has 0 amide bonds. The third-order valence-electron chi connectivity index (χ3n) is 4.58. The monoisotopic (exact) mass is 362 g/mol. The van der Waals surface area contributed by atoms with E-state index in [-0.39, 0.29) is 9.41 Å². The smallest absolute Gasteiger partial charge is 1.00 e. The second kappa shape index (κ2) is 6.96. The molecule has 0 radical (unpaired) electrons. The molecule has 0 fully saturated rings. The average molecular weight is 364 g/mol. The molecule has 0 heterocycles. The van der Waals surface area contributed by atoms with Gasteiger partial charge in [-0.25, -0.2) is 0 Å². The van der Waals surface area contributed by atoms with E-state index in [9.17, 15) is 0 Å². The Morgan fingerprint density at radius 2 is 1.95 bits per heavy atom. The van der Waals surface area contributed by atoms with Gasteiger partial charge in [0.05, 0.1) is 0 Å². The van der Waals surface area contributed by atoms with Crippen molar-refractivity contribution in [3.63, 3.8) is 0 Å². The predicted molar refractivity (Wildman–Crippen MR) is 76.5 cm³/mol. The molecule has 21 heavy (non-hydrogen) atoms. The third kappa shape index (κ3) is 3.04. The Balaban J connectivity index is 0.000000807. The van der Waals surface area contributed by atoms with Gasteiger partial charge in [-0.15, -0.1) is 0 Å². The van der Waals surface area contributed by atoms with Crippen LogP contribution in [0, 0.1) is 0 Å². The van der Waals surface area contributed by atoms with Gasteiger partial charge in [0.1, 0.15) is 0 Å². The van der Waals surface area contributed by atoms with E-state index >= 15 is 0 Å². The number of hydrogen-bond acceptors (Lipinski definition) is 0. The number of fused-ring (bicyclic) bond motifs is 2. The van der Waals surface area contributed by atoms with Crippen LogP contribution in [-0.2, 0) is 29.7 Å². The van der Waals surface area contributed by atoms with Gasteiger partial charge >= 0.3 is 127 Å². The van der Waals surface area contributed by atoms with Crippen LogP contribution in [-0.4, -0.2) is 0 Å². The van der Waals surface area contributed by atoms with Crippen molar-refractivity contribution < 1.29 is 32.6 Å². The zero-order valence-corrected chi connectivity index (χ0v) is 14.4. The first-order chi connectivity index (χ1) is 9.42. The minimum atomic E-state index is -0.390. The summed E-state index contributed by atoms with van der Waals surface area (Å²) in [4.78, 5) is 0. The number of hydrogen-bond donors (Lipinski definition) is 0. The largest absolute Gasteiger partial charge is 1.00 e. The molecule has 0 N–H and O–H groups in total. The van der Waals surface area contributed by atoms with Crippen LogP contribution in [0.3, 0.4) is 0 Å². The Labute approximate surface area is 136 Å². The Morgan fingerprint density at radius 3 is 2.76 bits per heavy atom. The first-order valence-electron chi connectivity index (χ1n) is 7.34. The van der Waals surface area contributed by atoms with Crippen molar-refractivity contribution in [1.82, 2.24) is 0 Å². The summed E-state index contributed by atoms with van der Waals surface area (Å²) in [6.45, 7) is 0. The summed E-state index contributed by atoms with van der Waals surface area (Å²) >= 11 is -0.390. The van der Waals surface area contributed by atoms with E-state index in [1.165, 1.54) is 32.1 Å². The molecule has 3 aliphatic rings. The fourth-order valence-electron chi connectivity index (χ4n) is 3.68. The summed E-state index contributed by atoms with van der Waals surface area (Å²) < 4.78 is 2.78. The Kier molecular flexibility index (Phi) is 5.49. The molecular weight excluding hydrogens is 345 g/mol. The molecule has 108 valence electrons. The van der Waals surface area contributed by atoms with E-state index in [1.807, 2.05) is 5.57 Å². The van der Waals surface area contributed by atoms with Gasteiger partial charge in [0.2, 0.25) is 0 Å². The van der Waals surface area contributed by atoms with Crippen molar-refractivity contribution in [2.75, 3.05) is 0 Å². The Morgan fingerprint density at radius 1 is 1.10 bits per heavy atom. The molecule has 0 saturated carbocycles. The zero-order valence-electron chi connectivity index (χ0n) is 11.9. The van der Waals surface area contributed by atoms with E-state index in [0.29, 0.717) is 0 Å². The average Bonchev–Trinajstić information content (AvgIpc) is 3.06. The molecule has 1 aromatic rings. The van der Waals surface area contributed by atoms with Gasteiger partial charge in [-0.3, -0.25) is 0 Å². The van der Waals surface area contributed by atoms with Gasteiger partial charge in [0.15, 0.2) is 0 Å². The van der Waals surface area contributed by atoms with Crippen molar-refractivity contribution in [1.29, 1.82) is 0 Å². The molecule has 3 heteroatoms. The van der Waals surface area contributed by atoms with Crippen LogP contribution >= 0.6 is 0 Å². The summed E-state index contributed by atoms with van der Waals surface area (Å²) in [6, 6.07) is 9.10. The first-order valence-corrected chi connectivity index (χ1v) is 9.99. The fourth-order valence-corrected chi connectivity index (χ4v) is 7.79. The molecule has 0 nitrogen and oxygen atoms in total. The predicted octanol–water partition coefficient (Wildman–Crippen LogP) is -1.10. The van der Waals surface area contributed by atoms with Gasteiger partial charge < -0.3 is 9.41 Å². The van der Waals surface area contributed by atoms with Crippen LogP contribution in [0.1, 0.15) is 36.8 Å². The standard InChI is InChI=1S/C13H13.C5H5.2FH.Zr/c1-3-7-12-10(5-1)9-11-6-2-4-8-13(11)12;1-2-4-5-3-1;;;/h1,3,5-7H,2,4,8-9H2;1-3H,4H2;2*1H;/q;;;;+2/p-2. The molecule has 0 saturated heterocycles. The minimum absolute atomic E-state index is 0. The normalized spacial score (nSPS) is 21.7. The van der Waals surface area contributed by atoms with E-state index in [4.69, 9.17) is 0 Å². The molecule has 1 aromatic carbocycles. The molecule has 1 unspecified atom stereocenters. The maximum atomic E-state index is 2.41. The van der Waals surface area contributed by atoms with Gasteiger partial charge in [-0.1, -0.05) is 0 Å². The van der Waals surface area contributed by atoms with Crippen molar-refractivity contribution in [2.45, 2.75) is 35.7 Å². The molecule has 1 atom stereocenters. The van der Waals surface area contributed by atoms with E-state index in [1.54, 1.807) is 20.0 Å². The van der Waals surface area contributed by atoms with Crippen LogP contribution in [0.2, 0.25) is 3.63 Å². The second-order valence-electron chi connectivity index (χ2n) is 5.75. The summed E-state index contributed by atoms with van der Waals surface area (Å²) in [5, 5.41) is 0. The summed E-state index contributed by atoms with van der Waals surface area (Å²) in [5.74, 6) is 0. The second-order valence-corrected chi connectivity index (χ2v) is 9.75. The summed E-state index contributed by atoms with van der Waals surface area (Å²) in [6.07, 6.45) is 13.7. The Hall–Kier alpha value is -0.817. The number of halogens is 2. The van der Waals surface area contributed by atoms with Gasteiger partial charge in [0, 0.05) is 0 Å². The molecular formula is C18H18F2Zr. The van der Waals surface area contributed by atoms with E-state index < -0.39 is 23.2 Å². The van der Waals surface area contributed by atoms with Crippen LogP contribution in [0.5, 0.6) is 0 Å². The maximum Gasteiger partial charge on any atom is -1.00 e. The topological polar surface area (TPSA) is 0 Å². The van der Waals surface area contributed by atoms with Crippen LogP contribution < -0.4 is 9.41 Å². The molecule has 0 aromatic heterocycles. The number of rotatable bonds is 2. The van der Waals surface area contributed by atoms with E-state index in [0.717, 1.165) is 3.63 Å². The quantitative estimate of drug-likeness (QED) is 0.626. The Bertz CT molecular complexity index is 613. The van der Waals surface area contributed by atoms with Crippen molar-refractivity contribution >= 4 is 5.57 Å². The summed E-state index contributed by atoms with van der Waals surface area (Å²) in [7, 11) is 0. The molecule has 0 bridgehead atoms. The van der Waals surface area contributed by atoms with E-state index in [2.05, 4.69) is 42.5 Å². The molecule has 4 rings (SSSR count). The van der Waals surface area contributed by atoms with Crippen molar-refractivity contribution in [3.05, 3.63) is 62.5 Å². The number of benzene rings is 1. The third-order valence-corrected chi connectivity index (χ3v) is 8.83. The fraction of sp³-hybridized carbons (Fsp3) is 0.333. The molecule has 0 aliphatic heterocycles. The zero-order chi connectivity index (χ0) is 12.7. The first kappa shape index (κ1) is 16.6. The van der Waals surface area contributed by atoms with Crippen LogP contribution in [0.15, 0.2) is 51.3 Å². The maximum absolute atomic E-state index is 2.41. The molecule has 0 spiro atoms. The van der Waals surface area contributed by atoms with Crippen LogP contribution in [0.4, 0.5) is 0 Å². The van der Waals surface area contributed by atoms with Crippen molar-refractivity contribution in [3.8, 4) is 0 Å². The SMILES string of the molecule is C1=CC[C]([Zr+2][CH]2CCCC3=C2Cc2ccccc23)=C1.[F-].[F-].